The van der Waals surface area contributed by atoms with Crippen molar-refractivity contribution in [1.29, 1.82) is 0 Å². The van der Waals surface area contributed by atoms with Gasteiger partial charge in [0, 0.05) is 13.2 Å². The molecule has 16 heavy (non-hydrogen) atoms. The first-order valence-corrected chi connectivity index (χ1v) is 5.71. The van der Waals surface area contributed by atoms with Crippen LogP contribution in [0.3, 0.4) is 0 Å². The van der Waals surface area contributed by atoms with Gasteiger partial charge in [-0.2, -0.15) is 0 Å². The molecule has 1 N–H and O–H groups in total. The largest absolute Gasteiger partial charge is 0.382 e. The fourth-order valence-electron chi connectivity index (χ4n) is 2.22. The summed E-state index contributed by atoms with van der Waals surface area (Å²) in [4.78, 5) is 12.0. The average Bonchev–Trinajstić information content (AvgIpc) is 2.65. The van der Waals surface area contributed by atoms with E-state index in [2.05, 4.69) is 10.3 Å². The molecule has 5 nitrogen and oxygen atoms in total. The predicted octanol–water partition coefficient (Wildman–Crippen LogP) is 0.622. The zero-order valence-corrected chi connectivity index (χ0v) is 9.52. The van der Waals surface area contributed by atoms with Crippen LogP contribution in [0.5, 0.6) is 0 Å². The number of hydrogen-bond donors (Lipinski definition) is 1. The Morgan fingerprint density at radius 3 is 2.75 bits per heavy atom. The minimum atomic E-state index is -1.12. The molecule has 1 aliphatic carbocycles. The number of carbonyl (C=O) groups is 1. The number of Topliss-reactive ketones (excluding diaryl/α,β-unsaturated/α-hetero) is 1. The zero-order valence-electron chi connectivity index (χ0n) is 9.52. The third-order valence-corrected chi connectivity index (χ3v) is 3.19. The van der Waals surface area contributed by atoms with Gasteiger partial charge in [0.25, 0.3) is 0 Å². The molecule has 0 atom stereocenters. The highest BCUT2D eigenvalue weighted by molar-refractivity contribution is 5.88. The topological polar surface area (TPSA) is 68.0 Å². The normalized spacial score (nSPS) is 19.6. The lowest BCUT2D eigenvalue weighted by atomic mass is 9.80. The summed E-state index contributed by atoms with van der Waals surface area (Å²) in [6, 6.07) is 0. The number of aromatic nitrogens is 3. The van der Waals surface area contributed by atoms with Crippen molar-refractivity contribution in [1.82, 2.24) is 15.0 Å². The maximum Gasteiger partial charge on any atom is 0.170 e. The summed E-state index contributed by atoms with van der Waals surface area (Å²) in [5.74, 6) is -0.118. The Labute approximate surface area is 94.5 Å². The second-order valence-corrected chi connectivity index (χ2v) is 4.58. The molecule has 1 aliphatic rings. The standard InChI is InChI=1S/C11H17N3O2/c1-14-8-9(12-13-14)7-10(15)11(16)5-3-2-4-6-11/h8,16H,2-7H2,1H3. The highest BCUT2D eigenvalue weighted by atomic mass is 16.3. The lowest BCUT2D eigenvalue weighted by Gasteiger charge is -2.30. The third kappa shape index (κ3) is 2.29. The summed E-state index contributed by atoms with van der Waals surface area (Å²) in [7, 11) is 1.76. The van der Waals surface area contributed by atoms with Crippen LogP contribution in [0.15, 0.2) is 6.20 Å². The van der Waals surface area contributed by atoms with E-state index >= 15 is 0 Å². The highest BCUT2D eigenvalue weighted by Gasteiger charge is 2.36. The van der Waals surface area contributed by atoms with E-state index in [0.29, 0.717) is 18.5 Å². The lowest BCUT2D eigenvalue weighted by Crippen LogP contribution is -2.41. The SMILES string of the molecule is Cn1cc(CC(=O)C2(O)CCCCC2)nn1. The van der Waals surface area contributed by atoms with Crippen LogP contribution in [0, 0.1) is 0 Å². The molecule has 1 fully saturated rings. The fourth-order valence-corrected chi connectivity index (χ4v) is 2.22. The van der Waals surface area contributed by atoms with Gasteiger partial charge in [-0.3, -0.25) is 9.48 Å². The summed E-state index contributed by atoms with van der Waals surface area (Å²) in [6.07, 6.45) is 6.05. The van der Waals surface area contributed by atoms with Crippen molar-refractivity contribution >= 4 is 5.78 Å². The molecule has 0 aromatic carbocycles. The van der Waals surface area contributed by atoms with Gasteiger partial charge in [0.15, 0.2) is 5.78 Å². The van der Waals surface area contributed by atoms with Crippen molar-refractivity contribution in [2.45, 2.75) is 44.1 Å². The third-order valence-electron chi connectivity index (χ3n) is 3.19. The summed E-state index contributed by atoms with van der Waals surface area (Å²) in [5, 5.41) is 17.8. The number of aliphatic hydroxyl groups is 1. The van der Waals surface area contributed by atoms with Crippen molar-refractivity contribution in [3.63, 3.8) is 0 Å². The molecule has 1 heterocycles. The highest BCUT2D eigenvalue weighted by Crippen LogP contribution is 2.29. The summed E-state index contributed by atoms with van der Waals surface area (Å²) >= 11 is 0. The molecule has 0 amide bonds. The number of nitrogens with zero attached hydrogens (tertiary/aromatic N) is 3. The molecule has 0 aliphatic heterocycles. The van der Waals surface area contributed by atoms with Crippen LogP contribution in [0.1, 0.15) is 37.8 Å². The van der Waals surface area contributed by atoms with Crippen LogP contribution in [0.4, 0.5) is 0 Å². The Balaban J connectivity index is 2.01. The van der Waals surface area contributed by atoms with E-state index in [1.807, 2.05) is 0 Å². The van der Waals surface area contributed by atoms with Crippen molar-refractivity contribution in [2.75, 3.05) is 0 Å². The fraction of sp³-hybridized carbons (Fsp3) is 0.727. The first-order chi connectivity index (χ1) is 7.60. The van der Waals surface area contributed by atoms with Gasteiger partial charge in [-0.15, -0.1) is 5.10 Å². The van der Waals surface area contributed by atoms with Crippen LogP contribution in [-0.4, -0.2) is 31.5 Å². The van der Waals surface area contributed by atoms with Crippen LogP contribution in [0.25, 0.3) is 0 Å². The molecule has 2 rings (SSSR count). The van der Waals surface area contributed by atoms with Crippen LogP contribution >= 0.6 is 0 Å². The van der Waals surface area contributed by atoms with Gasteiger partial charge in [-0.1, -0.05) is 24.5 Å². The van der Waals surface area contributed by atoms with Gasteiger partial charge in [0.2, 0.25) is 0 Å². The molecule has 5 heteroatoms. The predicted molar refractivity (Wildman–Crippen MR) is 57.7 cm³/mol. The Kier molecular flexibility index (Phi) is 3.05. The maximum atomic E-state index is 12.0. The minimum Gasteiger partial charge on any atom is -0.382 e. The van der Waals surface area contributed by atoms with E-state index < -0.39 is 5.60 Å². The first kappa shape index (κ1) is 11.3. The van der Waals surface area contributed by atoms with E-state index in [9.17, 15) is 9.90 Å². The molecule has 88 valence electrons. The molecule has 0 spiro atoms. The van der Waals surface area contributed by atoms with Crippen molar-refractivity contribution in [2.24, 2.45) is 7.05 Å². The first-order valence-electron chi connectivity index (χ1n) is 5.71. The monoisotopic (exact) mass is 223 g/mol. The number of rotatable bonds is 3. The second kappa shape index (κ2) is 4.33. The van der Waals surface area contributed by atoms with Gasteiger partial charge in [-0.25, -0.2) is 0 Å². The van der Waals surface area contributed by atoms with Crippen LogP contribution < -0.4 is 0 Å². The number of ketones is 1. The summed E-state index contributed by atoms with van der Waals surface area (Å²) < 4.78 is 1.56. The average molecular weight is 223 g/mol. The van der Waals surface area contributed by atoms with Gasteiger partial charge in [0.05, 0.1) is 12.1 Å². The quantitative estimate of drug-likeness (QED) is 0.815. The van der Waals surface area contributed by atoms with E-state index in [4.69, 9.17) is 0 Å². The van der Waals surface area contributed by atoms with Gasteiger partial charge < -0.3 is 5.11 Å². The second-order valence-electron chi connectivity index (χ2n) is 4.58. The Morgan fingerprint density at radius 1 is 1.50 bits per heavy atom. The van der Waals surface area contributed by atoms with Crippen molar-refractivity contribution in [3.05, 3.63) is 11.9 Å². The minimum absolute atomic E-state index is 0.118. The molecule has 0 bridgehead atoms. The van der Waals surface area contributed by atoms with Crippen molar-refractivity contribution < 1.29 is 9.90 Å². The number of carbonyl (C=O) groups excluding carboxylic acids is 1. The van der Waals surface area contributed by atoms with Gasteiger partial charge in [0.1, 0.15) is 5.60 Å². The molecule has 1 aromatic rings. The molecule has 0 radical (unpaired) electrons. The van der Waals surface area contributed by atoms with Gasteiger partial charge >= 0.3 is 0 Å². The Bertz CT molecular complexity index is 380. The van der Waals surface area contributed by atoms with Gasteiger partial charge in [-0.05, 0) is 12.8 Å². The van der Waals surface area contributed by atoms with Crippen LogP contribution in [-0.2, 0) is 18.3 Å². The summed E-state index contributed by atoms with van der Waals surface area (Å²) in [5.41, 5.74) is -0.484. The van der Waals surface area contributed by atoms with E-state index in [1.165, 1.54) is 0 Å². The smallest absolute Gasteiger partial charge is 0.170 e. The number of hydrogen-bond acceptors (Lipinski definition) is 4. The lowest BCUT2D eigenvalue weighted by molar-refractivity contribution is -0.139. The molecule has 0 unspecified atom stereocenters. The Morgan fingerprint density at radius 2 is 2.19 bits per heavy atom. The Hall–Kier alpha value is -1.23. The molecule has 1 aromatic heterocycles. The van der Waals surface area contributed by atoms with E-state index in [-0.39, 0.29) is 12.2 Å². The zero-order chi connectivity index (χ0) is 11.6. The number of aryl methyl sites for hydroxylation is 1. The summed E-state index contributed by atoms with van der Waals surface area (Å²) in [6.45, 7) is 0. The molecular weight excluding hydrogens is 206 g/mol. The van der Waals surface area contributed by atoms with Crippen molar-refractivity contribution in [3.8, 4) is 0 Å². The maximum absolute atomic E-state index is 12.0. The van der Waals surface area contributed by atoms with Crippen LogP contribution in [0.2, 0.25) is 0 Å². The molecule has 0 saturated heterocycles. The molecular formula is C11H17N3O2. The van der Waals surface area contributed by atoms with E-state index in [0.717, 1.165) is 19.3 Å². The van der Waals surface area contributed by atoms with E-state index in [1.54, 1.807) is 17.9 Å². The molecule has 1 saturated carbocycles.